The molecular formula is C55H111NO3. The van der Waals surface area contributed by atoms with E-state index in [0.29, 0.717) is 12.8 Å². The van der Waals surface area contributed by atoms with Crippen LogP contribution in [-0.4, -0.2) is 34.9 Å². The highest BCUT2D eigenvalue weighted by Crippen LogP contribution is 2.18. The van der Waals surface area contributed by atoms with Crippen molar-refractivity contribution in [1.29, 1.82) is 0 Å². The second-order valence-electron chi connectivity index (χ2n) is 19.4. The van der Waals surface area contributed by atoms with Crippen molar-refractivity contribution in [3.05, 3.63) is 0 Å². The van der Waals surface area contributed by atoms with Crippen molar-refractivity contribution in [3.63, 3.8) is 0 Å². The average Bonchev–Trinajstić information content (AvgIpc) is 3.24. The first-order valence-electron chi connectivity index (χ1n) is 27.7. The summed E-state index contributed by atoms with van der Waals surface area (Å²) in [6, 6.07) is -0.531. The third-order valence-electron chi connectivity index (χ3n) is 13.4. The smallest absolute Gasteiger partial charge is 0.220 e. The third kappa shape index (κ3) is 48.3. The lowest BCUT2D eigenvalue weighted by Gasteiger charge is -2.22. The summed E-state index contributed by atoms with van der Waals surface area (Å²) in [5.41, 5.74) is 0. The molecule has 3 N–H and O–H groups in total. The Morgan fingerprint density at radius 1 is 0.339 bits per heavy atom. The zero-order chi connectivity index (χ0) is 42.8. The minimum absolute atomic E-state index is 0.0233. The summed E-state index contributed by atoms with van der Waals surface area (Å²) < 4.78 is 0. The topological polar surface area (TPSA) is 69.6 Å². The molecule has 0 spiro atoms. The lowest BCUT2D eigenvalue weighted by atomic mass is 10.0. The number of rotatable bonds is 52. The molecule has 2 unspecified atom stereocenters. The molecule has 0 aliphatic carbocycles. The van der Waals surface area contributed by atoms with Crippen molar-refractivity contribution in [2.45, 2.75) is 341 Å². The van der Waals surface area contributed by atoms with Gasteiger partial charge in [0.15, 0.2) is 0 Å². The first-order valence-corrected chi connectivity index (χ1v) is 27.7. The van der Waals surface area contributed by atoms with E-state index < -0.39 is 12.1 Å². The Morgan fingerprint density at radius 3 is 0.763 bits per heavy atom. The third-order valence-corrected chi connectivity index (χ3v) is 13.4. The minimum Gasteiger partial charge on any atom is -0.394 e. The quantitative estimate of drug-likeness (QED) is 0.0535. The van der Waals surface area contributed by atoms with Crippen LogP contribution in [0.15, 0.2) is 0 Å². The van der Waals surface area contributed by atoms with Crippen LogP contribution in [0.3, 0.4) is 0 Å². The van der Waals surface area contributed by atoms with Crippen LogP contribution >= 0.6 is 0 Å². The molecule has 0 radical (unpaired) electrons. The van der Waals surface area contributed by atoms with E-state index >= 15 is 0 Å². The molecule has 4 heteroatoms. The van der Waals surface area contributed by atoms with Crippen molar-refractivity contribution < 1.29 is 15.0 Å². The van der Waals surface area contributed by atoms with E-state index in [4.69, 9.17) is 0 Å². The summed E-state index contributed by atoms with van der Waals surface area (Å²) in [5.74, 6) is -0.0233. The number of nitrogens with one attached hydrogen (secondary N) is 1. The standard InChI is InChI=1S/C55H111NO3/c1-3-5-7-9-11-13-15-17-19-21-22-23-24-25-26-27-28-29-30-31-32-33-35-36-38-40-42-44-46-48-50-54(58)53(52-57)56-55(59)51-49-47-45-43-41-39-37-34-20-18-16-14-12-10-8-6-4-2/h53-54,57-58H,3-52H2,1-2H3,(H,56,59). The first kappa shape index (κ1) is 58.4. The van der Waals surface area contributed by atoms with Gasteiger partial charge in [-0.2, -0.15) is 0 Å². The summed E-state index contributed by atoms with van der Waals surface area (Å²) in [5, 5.41) is 23.3. The Balaban J connectivity index is 3.38. The van der Waals surface area contributed by atoms with Crippen molar-refractivity contribution >= 4 is 5.91 Å². The largest absolute Gasteiger partial charge is 0.394 e. The summed E-state index contributed by atoms with van der Waals surface area (Å²) in [6.07, 6.45) is 65.2. The number of carbonyl (C=O) groups excluding carboxylic acids is 1. The van der Waals surface area contributed by atoms with E-state index in [0.717, 1.165) is 25.7 Å². The predicted octanol–water partition coefficient (Wildman–Crippen LogP) is 18.0. The number of hydrogen-bond acceptors (Lipinski definition) is 3. The lowest BCUT2D eigenvalue weighted by Crippen LogP contribution is -2.45. The summed E-state index contributed by atoms with van der Waals surface area (Å²) in [7, 11) is 0. The highest BCUT2D eigenvalue weighted by atomic mass is 16.3. The van der Waals surface area contributed by atoms with Crippen LogP contribution in [0.2, 0.25) is 0 Å². The Morgan fingerprint density at radius 2 is 0.542 bits per heavy atom. The number of carbonyl (C=O) groups is 1. The molecule has 354 valence electrons. The Hall–Kier alpha value is -0.610. The minimum atomic E-state index is -0.654. The SMILES string of the molecule is CCCCCCCCCCCCCCCCCCCCCCCCCCCCCCCCC(O)C(CO)NC(=O)CCCCCCCCCCCCCCCCCCC. The highest BCUT2D eigenvalue weighted by molar-refractivity contribution is 5.76. The Bertz CT molecular complexity index is 773. The molecule has 0 rings (SSSR count). The molecular weight excluding hydrogens is 723 g/mol. The summed E-state index contributed by atoms with van der Waals surface area (Å²) in [6.45, 7) is 4.40. The van der Waals surface area contributed by atoms with Gasteiger partial charge in [-0.1, -0.05) is 309 Å². The van der Waals surface area contributed by atoms with Crippen LogP contribution in [0.5, 0.6) is 0 Å². The molecule has 0 saturated carbocycles. The van der Waals surface area contributed by atoms with Crippen molar-refractivity contribution in [3.8, 4) is 0 Å². The average molecular weight is 834 g/mol. The molecule has 4 nitrogen and oxygen atoms in total. The molecule has 59 heavy (non-hydrogen) atoms. The van der Waals surface area contributed by atoms with E-state index in [-0.39, 0.29) is 12.5 Å². The van der Waals surface area contributed by atoms with Crippen LogP contribution in [0, 0.1) is 0 Å². The monoisotopic (exact) mass is 834 g/mol. The Kier molecular flexibility index (Phi) is 51.2. The maximum Gasteiger partial charge on any atom is 0.220 e. The second-order valence-corrected chi connectivity index (χ2v) is 19.4. The number of amides is 1. The summed E-state index contributed by atoms with van der Waals surface area (Å²) >= 11 is 0. The van der Waals surface area contributed by atoms with Crippen LogP contribution in [0.25, 0.3) is 0 Å². The molecule has 0 saturated heterocycles. The number of unbranched alkanes of at least 4 members (excludes halogenated alkanes) is 45. The Labute approximate surface area is 372 Å². The zero-order valence-electron chi connectivity index (χ0n) is 40.8. The van der Waals surface area contributed by atoms with Gasteiger partial charge in [-0.05, 0) is 12.8 Å². The first-order chi connectivity index (χ1) is 29.2. The maximum atomic E-state index is 12.5. The lowest BCUT2D eigenvalue weighted by molar-refractivity contribution is -0.123. The molecule has 0 aromatic heterocycles. The van der Waals surface area contributed by atoms with Crippen molar-refractivity contribution in [1.82, 2.24) is 5.32 Å². The highest BCUT2D eigenvalue weighted by Gasteiger charge is 2.20. The number of aliphatic hydroxyl groups excluding tert-OH is 2. The normalized spacial score (nSPS) is 12.7. The van der Waals surface area contributed by atoms with Crippen LogP contribution in [-0.2, 0) is 4.79 Å². The van der Waals surface area contributed by atoms with Gasteiger partial charge in [0.1, 0.15) is 0 Å². The second kappa shape index (κ2) is 51.7. The number of aliphatic hydroxyl groups is 2. The molecule has 0 aromatic rings. The fraction of sp³-hybridized carbons (Fsp3) is 0.982. The van der Waals surface area contributed by atoms with Crippen molar-refractivity contribution in [2.24, 2.45) is 0 Å². The van der Waals surface area contributed by atoms with Crippen molar-refractivity contribution in [2.75, 3.05) is 6.61 Å². The van der Waals surface area contributed by atoms with E-state index in [1.807, 2.05) is 0 Å². The molecule has 2 atom stereocenters. The number of hydrogen-bond donors (Lipinski definition) is 3. The molecule has 0 heterocycles. The fourth-order valence-corrected chi connectivity index (χ4v) is 9.13. The van der Waals surface area contributed by atoms with Gasteiger partial charge in [-0.15, -0.1) is 0 Å². The van der Waals surface area contributed by atoms with E-state index in [2.05, 4.69) is 19.2 Å². The molecule has 0 aliphatic rings. The van der Waals surface area contributed by atoms with Gasteiger partial charge >= 0.3 is 0 Å². The van der Waals surface area contributed by atoms with E-state index in [1.165, 1.54) is 276 Å². The van der Waals surface area contributed by atoms with Gasteiger partial charge < -0.3 is 15.5 Å². The maximum absolute atomic E-state index is 12.5. The molecule has 0 aromatic carbocycles. The molecule has 0 bridgehead atoms. The van der Waals surface area contributed by atoms with Gasteiger partial charge in [-0.25, -0.2) is 0 Å². The zero-order valence-corrected chi connectivity index (χ0v) is 40.8. The van der Waals surface area contributed by atoms with Gasteiger partial charge in [0.05, 0.1) is 18.8 Å². The van der Waals surface area contributed by atoms with Crippen LogP contribution < -0.4 is 5.32 Å². The van der Waals surface area contributed by atoms with Crippen LogP contribution in [0.1, 0.15) is 328 Å². The van der Waals surface area contributed by atoms with E-state index in [9.17, 15) is 15.0 Å². The predicted molar refractivity (Wildman–Crippen MR) is 263 cm³/mol. The van der Waals surface area contributed by atoms with Gasteiger partial charge in [0.2, 0.25) is 5.91 Å². The van der Waals surface area contributed by atoms with Gasteiger partial charge in [0, 0.05) is 6.42 Å². The van der Waals surface area contributed by atoms with Gasteiger partial charge in [-0.3, -0.25) is 4.79 Å². The van der Waals surface area contributed by atoms with E-state index in [1.54, 1.807) is 0 Å². The molecule has 0 aliphatic heterocycles. The summed E-state index contributed by atoms with van der Waals surface area (Å²) in [4.78, 5) is 12.5. The fourth-order valence-electron chi connectivity index (χ4n) is 9.13. The molecule has 0 fully saturated rings. The van der Waals surface area contributed by atoms with Gasteiger partial charge in [0.25, 0.3) is 0 Å². The van der Waals surface area contributed by atoms with Crippen LogP contribution in [0.4, 0.5) is 0 Å². The molecule has 1 amide bonds.